The van der Waals surface area contributed by atoms with E-state index in [9.17, 15) is 0 Å². The number of hydrogen-bond donors (Lipinski definition) is 1. The Kier molecular flexibility index (Phi) is 3.50. The summed E-state index contributed by atoms with van der Waals surface area (Å²) >= 11 is 0. The number of oxime groups is 1. The van der Waals surface area contributed by atoms with Gasteiger partial charge in [0.1, 0.15) is 0 Å². The Hall–Kier alpha value is -1.31. The van der Waals surface area contributed by atoms with Crippen LogP contribution < -0.4 is 0 Å². The van der Waals surface area contributed by atoms with Gasteiger partial charge in [0.15, 0.2) is 0 Å². The zero-order valence-electron chi connectivity index (χ0n) is 7.99. The molecule has 1 rings (SSSR count). The van der Waals surface area contributed by atoms with Gasteiger partial charge in [0.25, 0.3) is 0 Å². The maximum atomic E-state index is 8.80. The summed E-state index contributed by atoms with van der Waals surface area (Å²) in [7, 11) is 0. The first kappa shape index (κ1) is 9.78. The molecule has 0 spiro atoms. The van der Waals surface area contributed by atoms with Crippen molar-refractivity contribution in [2.45, 2.75) is 20.3 Å². The van der Waals surface area contributed by atoms with Crippen molar-refractivity contribution >= 4 is 5.71 Å². The van der Waals surface area contributed by atoms with Crippen LogP contribution in [0.1, 0.15) is 25.8 Å². The third-order valence-electron chi connectivity index (χ3n) is 1.75. The van der Waals surface area contributed by atoms with Crippen molar-refractivity contribution in [1.82, 2.24) is 0 Å². The minimum atomic E-state index is 0.723. The van der Waals surface area contributed by atoms with Crippen LogP contribution >= 0.6 is 0 Å². The molecule has 0 fully saturated rings. The number of benzene rings is 1. The Morgan fingerprint density at radius 2 is 1.85 bits per heavy atom. The minimum Gasteiger partial charge on any atom is -0.411 e. The van der Waals surface area contributed by atoms with Crippen molar-refractivity contribution in [2.24, 2.45) is 5.16 Å². The minimum absolute atomic E-state index is 0.723. The number of rotatable bonds is 3. The van der Waals surface area contributed by atoms with E-state index in [4.69, 9.17) is 5.21 Å². The third-order valence-corrected chi connectivity index (χ3v) is 1.75. The van der Waals surface area contributed by atoms with Gasteiger partial charge >= 0.3 is 0 Å². The van der Waals surface area contributed by atoms with Gasteiger partial charge in [0, 0.05) is 0 Å². The molecule has 0 heterocycles. The second-order valence-corrected chi connectivity index (χ2v) is 3.30. The van der Waals surface area contributed by atoms with Crippen LogP contribution in [-0.4, -0.2) is 10.9 Å². The molecule has 1 N–H and O–H groups in total. The molecule has 0 bridgehead atoms. The molecule has 0 aliphatic heterocycles. The van der Waals surface area contributed by atoms with Gasteiger partial charge in [-0.25, -0.2) is 0 Å². The summed E-state index contributed by atoms with van der Waals surface area (Å²) in [5.41, 5.74) is 1.70. The molecule has 13 heavy (non-hydrogen) atoms. The second-order valence-electron chi connectivity index (χ2n) is 3.30. The molecular weight excluding hydrogens is 162 g/mol. The topological polar surface area (TPSA) is 32.6 Å². The highest BCUT2D eigenvalue weighted by atomic mass is 16.4. The predicted octanol–water partition coefficient (Wildman–Crippen LogP) is 2.87. The van der Waals surface area contributed by atoms with Crippen molar-refractivity contribution in [2.75, 3.05) is 0 Å². The average Bonchev–Trinajstić information content (AvgIpc) is 2.15. The standard InChI is InChI=1S/C11H14NO/c1-9(2)8-11(12-13)10-6-4-3-5-7-10/h3-7,13H,8H2,1-2H3/b12-11+. The van der Waals surface area contributed by atoms with Crippen LogP contribution in [0.5, 0.6) is 0 Å². The van der Waals surface area contributed by atoms with E-state index in [1.807, 2.05) is 44.2 Å². The van der Waals surface area contributed by atoms with Crippen molar-refractivity contribution in [3.63, 3.8) is 0 Å². The molecule has 0 aromatic heterocycles. The summed E-state index contributed by atoms with van der Waals surface area (Å²) in [5, 5.41) is 12.1. The molecule has 0 unspecified atom stereocenters. The molecule has 0 saturated heterocycles. The SMILES string of the molecule is C[C](C)C/C(=N\O)c1ccccc1. The summed E-state index contributed by atoms with van der Waals surface area (Å²) in [6.45, 7) is 4.04. The lowest BCUT2D eigenvalue weighted by Crippen LogP contribution is -2.03. The molecule has 1 aromatic carbocycles. The fourth-order valence-electron chi connectivity index (χ4n) is 1.16. The van der Waals surface area contributed by atoms with Crippen LogP contribution in [0.15, 0.2) is 35.5 Å². The van der Waals surface area contributed by atoms with E-state index in [1.54, 1.807) is 0 Å². The quantitative estimate of drug-likeness (QED) is 0.428. The van der Waals surface area contributed by atoms with E-state index in [0.29, 0.717) is 0 Å². The lowest BCUT2D eigenvalue weighted by molar-refractivity contribution is 0.318. The van der Waals surface area contributed by atoms with Gasteiger partial charge < -0.3 is 5.21 Å². The van der Waals surface area contributed by atoms with Crippen LogP contribution in [0.3, 0.4) is 0 Å². The Labute approximate surface area is 78.9 Å². The average molecular weight is 176 g/mol. The van der Waals surface area contributed by atoms with Gasteiger partial charge in [-0.2, -0.15) is 0 Å². The molecule has 0 aliphatic rings. The van der Waals surface area contributed by atoms with Gasteiger partial charge in [-0.1, -0.05) is 49.3 Å². The first-order valence-corrected chi connectivity index (χ1v) is 4.29. The highest BCUT2D eigenvalue weighted by Crippen LogP contribution is 2.11. The van der Waals surface area contributed by atoms with E-state index < -0.39 is 0 Å². The van der Waals surface area contributed by atoms with E-state index in [2.05, 4.69) is 5.16 Å². The normalized spacial score (nSPS) is 12.1. The van der Waals surface area contributed by atoms with Gasteiger partial charge in [-0.05, 0) is 17.9 Å². The van der Waals surface area contributed by atoms with Crippen LogP contribution in [0, 0.1) is 5.92 Å². The van der Waals surface area contributed by atoms with E-state index >= 15 is 0 Å². The van der Waals surface area contributed by atoms with Crippen molar-refractivity contribution in [3.8, 4) is 0 Å². The van der Waals surface area contributed by atoms with Gasteiger partial charge in [0.05, 0.1) is 5.71 Å². The summed E-state index contributed by atoms with van der Waals surface area (Å²) in [6.07, 6.45) is 0.723. The third kappa shape index (κ3) is 2.90. The predicted molar refractivity (Wildman–Crippen MR) is 54.0 cm³/mol. The monoisotopic (exact) mass is 176 g/mol. The molecular formula is C11H14NO. The summed E-state index contributed by atoms with van der Waals surface area (Å²) in [4.78, 5) is 0. The van der Waals surface area contributed by atoms with Gasteiger partial charge in [-0.15, -0.1) is 0 Å². The zero-order chi connectivity index (χ0) is 9.68. The molecule has 2 nitrogen and oxygen atoms in total. The summed E-state index contributed by atoms with van der Waals surface area (Å²) in [6, 6.07) is 9.70. The maximum absolute atomic E-state index is 8.80. The van der Waals surface area contributed by atoms with Crippen molar-refractivity contribution in [1.29, 1.82) is 0 Å². The fourth-order valence-corrected chi connectivity index (χ4v) is 1.16. The Morgan fingerprint density at radius 1 is 1.23 bits per heavy atom. The smallest absolute Gasteiger partial charge is 0.0873 e. The van der Waals surface area contributed by atoms with Gasteiger partial charge in [0.2, 0.25) is 0 Å². The van der Waals surface area contributed by atoms with E-state index in [0.717, 1.165) is 17.7 Å². The Morgan fingerprint density at radius 3 is 2.31 bits per heavy atom. The van der Waals surface area contributed by atoms with Crippen LogP contribution in [0.4, 0.5) is 0 Å². The highest BCUT2D eigenvalue weighted by molar-refractivity contribution is 6.01. The maximum Gasteiger partial charge on any atom is 0.0873 e. The van der Waals surface area contributed by atoms with Crippen molar-refractivity contribution in [3.05, 3.63) is 41.8 Å². The first-order chi connectivity index (χ1) is 6.24. The molecule has 69 valence electrons. The molecule has 1 aromatic rings. The Bertz CT molecular complexity index is 277. The molecule has 0 saturated carbocycles. The van der Waals surface area contributed by atoms with Crippen LogP contribution in [0.25, 0.3) is 0 Å². The summed E-state index contributed by atoms with van der Waals surface area (Å²) in [5.74, 6) is 1.23. The molecule has 0 atom stereocenters. The number of hydrogen-bond acceptors (Lipinski definition) is 2. The highest BCUT2D eigenvalue weighted by Gasteiger charge is 2.05. The molecule has 1 radical (unpaired) electrons. The molecule has 2 heteroatoms. The number of nitrogens with zero attached hydrogens (tertiary/aromatic N) is 1. The van der Waals surface area contributed by atoms with Gasteiger partial charge in [-0.3, -0.25) is 0 Å². The van der Waals surface area contributed by atoms with Crippen LogP contribution in [0.2, 0.25) is 0 Å². The van der Waals surface area contributed by atoms with E-state index in [-0.39, 0.29) is 0 Å². The fraction of sp³-hybridized carbons (Fsp3) is 0.273. The molecule has 0 amide bonds. The summed E-state index contributed by atoms with van der Waals surface area (Å²) < 4.78 is 0. The Balaban J connectivity index is 2.80. The first-order valence-electron chi connectivity index (χ1n) is 4.29. The lowest BCUT2D eigenvalue weighted by atomic mass is 10.0. The van der Waals surface area contributed by atoms with Crippen molar-refractivity contribution < 1.29 is 5.21 Å². The second kappa shape index (κ2) is 4.65. The molecule has 0 aliphatic carbocycles. The zero-order valence-corrected chi connectivity index (χ0v) is 7.99. The lowest BCUT2D eigenvalue weighted by Gasteiger charge is -2.06. The van der Waals surface area contributed by atoms with Crippen LogP contribution in [-0.2, 0) is 0 Å². The van der Waals surface area contributed by atoms with E-state index in [1.165, 1.54) is 5.92 Å². The largest absolute Gasteiger partial charge is 0.411 e.